The molecule has 0 fully saturated rings. The van der Waals surface area contributed by atoms with Gasteiger partial charge in [-0.3, -0.25) is 9.59 Å². The Morgan fingerprint density at radius 2 is 1.17 bits per heavy atom. The number of benzene rings is 2. The van der Waals surface area contributed by atoms with Crippen LogP contribution in [-0.4, -0.2) is 16.1 Å². The molecule has 0 N–H and O–H groups in total. The molecule has 1 aliphatic carbocycles. The monoisotopic (exact) mass is 303 g/mol. The molecule has 0 saturated heterocycles. The zero-order valence-corrected chi connectivity index (χ0v) is 13.4. The van der Waals surface area contributed by atoms with Crippen LogP contribution in [0.2, 0.25) is 0 Å². The predicted molar refractivity (Wildman–Crippen MR) is 90.2 cm³/mol. The number of aromatic nitrogens is 1. The first kappa shape index (κ1) is 13.9. The van der Waals surface area contributed by atoms with Crippen LogP contribution in [0.25, 0.3) is 10.8 Å². The Hall–Kier alpha value is -2.68. The van der Waals surface area contributed by atoms with Crippen molar-refractivity contribution in [3.63, 3.8) is 0 Å². The van der Waals surface area contributed by atoms with Crippen molar-refractivity contribution in [2.45, 2.75) is 26.3 Å². The third-order valence-electron chi connectivity index (χ3n) is 4.46. The third-order valence-corrected chi connectivity index (χ3v) is 4.46. The van der Waals surface area contributed by atoms with Gasteiger partial charge in [0.2, 0.25) is 0 Å². The van der Waals surface area contributed by atoms with Crippen molar-refractivity contribution >= 4 is 22.3 Å². The Morgan fingerprint density at radius 1 is 0.739 bits per heavy atom. The molecule has 1 heterocycles. The molecule has 114 valence electrons. The maximum atomic E-state index is 12.7. The van der Waals surface area contributed by atoms with E-state index in [0.717, 1.165) is 10.8 Å². The van der Waals surface area contributed by atoms with Crippen LogP contribution in [0.4, 0.5) is 0 Å². The highest BCUT2D eigenvalue weighted by Gasteiger charge is 2.30. The van der Waals surface area contributed by atoms with Crippen molar-refractivity contribution in [1.29, 1.82) is 0 Å². The van der Waals surface area contributed by atoms with Crippen molar-refractivity contribution in [2.75, 3.05) is 0 Å². The molecule has 2 aromatic carbocycles. The maximum absolute atomic E-state index is 12.7. The van der Waals surface area contributed by atoms with E-state index in [9.17, 15) is 9.59 Å². The van der Waals surface area contributed by atoms with E-state index in [2.05, 4.69) is 25.3 Å². The molecule has 0 aliphatic heterocycles. The third kappa shape index (κ3) is 1.96. The number of rotatable bonds is 0. The smallest absolute Gasteiger partial charge is 0.194 e. The molecule has 0 bridgehead atoms. The molecular weight excluding hydrogens is 286 g/mol. The zero-order chi connectivity index (χ0) is 16.4. The Bertz CT molecular complexity index is 915. The highest BCUT2D eigenvalue weighted by Crippen LogP contribution is 2.32. The quantitative estimate of drug-likeness (QED) is 0.489. The van der Waals surface area contributed by atoms with Gasteiger partial charge in [0.25, 0.3) is 0 Å². The van der Waals surface area contributed by atoms with Crippen molar-refractivity contribution in [3.05, 3.63) is 71.0 Å². The maximum Gasteiger partial charge on any atom is 0.194 e. The van der Waals surface area contributed by atoms with Crippen molar-refractivity contribution in [3.8, 4) is 0 Å². The van der Waals surface area contributed by atoms with Gasteiger partial charge in [0.05, 0.1) is 0 Å². The first-order valence-electron chi connectivity index (χ1n) is 7.71. The highest BCUT2D eigenvalue weighted by atomic mass is 16.1. The average molecular weight is 303 g/mol. The van der Waals surface area contributed by atoms with Crippen molar-refractivity contribution in [1.82, 2.24) is 4.57 Å². The Morgan fingerprint density at radius 3 is 1.57 bits per heavy atom. The van der Waals surface area contributed by atoms with Crippen LogP contribution < -0.4 is 0 Å². The van der Waals surface area contributed by atoms with Gasteiger partial charge in [0.15, 0.2) is 11.6 Å². The average Bonchev–Trinajstić information content (AvgIpc) is 2.94. The standard InChI is InChI=1S/C20H17NO2/c1-20(2,3)21-10-12-8-16-17(9-13(12)11-21)19(23)15-7-5-4-6-14(15)18(16)22/h4-11H,1-3H3. The largest absolute Gasteiger partial charge is 0.348 e. The lowest BCUT2D eigenvalue weighted by Gasteiger charge is -2.20. The Kier molecular flexibility index (Phi) is 2.68. The lowest BCUT2D eigenvalue weighted by Crippen LogP contribution is -2.20. The van der Waals surface area contributed by atoms with Gasteiger partial charge >= 0.3 is 0 Å². The van der Waals surface area contributed by atoms with E-state index < -0.39 is 0 Å². The Balaban J connectivity index is 1.98. The Labute approximate surface area is 134 Å². The van der Waals surface area contributed by atoms with E-state index >= 15 is 0 Å². The summed E-state index contributed by atoms with van der Waals surface area (Å²) in [6.45, 7) is 6.37. The number of carbonyl (C=O) groups is 2. The van der Waals surface area contributed by atoms with Crippen LogP contribution in [0.1, 0.15) is 52.6 Å². The van der Waals surface area contributed by atoms with E-state index in [0.29, 0.717) is 22.3 Å². The summed E-state index contributed by atoms with van der Waals surface area (Å²) in [7, 11) is 0. The summed E-state index contributed by atoms with van der Waals surface area (Å²) in [5.41, 5.74) is 1.97. The molecule has 3 aromatic rings. The molecule has 0 amide bonds. The molecular formula is C20H17NO2. The predicted octanol–water partition coefficient (Wildman–Crippen LogP) is 4.17. The SMILES string of the molecule is CC(C)(C)n1cc2cc3c(cc2c1)C(=O)c1ccccc1C3=O. The van der Waals surface area contributed by atoms with E-state index in [4.69, 9.17) is 0 Å². The molecule has 0 unspecified atom stereocenters. The summed E-state index contributed by atoms with van der Waals surface area (Å²) < 4.78 is 2.12. The molecule has 0 spiro atoms. The number of ketones is 2. The summed E-state index contributed by atoms with van der Waals surface area (Å²) in [5.74, 6) is -0.138. The fourth-order valence-electron chi connectivity index (χ4n) is 3.13. The van der Waals surface area contributed by atoms with Gasteiger partial charge in [-0.15, -0.1) is 0 Å². The first-order valence-corrected chi connectivity index (χ1v) is 7.71. The molecule has 0 radical (unpaired) electrons. The topological polar surface area (TPSA) is 39.1 Å². The first-order chi connectivity index (χ1) is 10.9. The van der Waals surface area contributed by atoms with Gasteiger partial charge in [-0.1, -0.05) is 24.3 Å². The van der Waals surface area contributed by atoms with Gasteiger partial charge in [0, 0.05) is 51.0 Å². The molecule has 23 heavy (non-hydrogen) atoms. The lowest BCUT2D eigenvalue weighted by molar-refractivity contribution is 0.0979. The molecule has 1 aliphatic rings. The van der Waals surface area contributed by atoms with Crippen LogP contribution in [-0.2, 0) is 5.54 Å². The highest BCUT2D eigenvalue weighted by molar-refractivity contribution is 6.29. The van der Waals surface area contributed by atoms with Gasteiger partial charge in [-0.25, -0.2) is 0 Å². The van der Waals surface area contributed by atoms with E-state index in [1.165, 1.54) is 0 Å². The van der Waals surface area contributed by atoms with Gasteiger partial charge in [0.1, 0.15) is 0 Å². The number of carbonyl (C=O) groups excluding carboxylic acids is 2. The molecule has 0 saturated carbocycles. The molecule has 0 atom stereocenters. The number of nitrogens with zero attached hydrogens (tertiary/aromatic N) is 1. The summed E-state index contributed by atoms with van der Waals surface area (Å²) >= 11 is 0. The van der Waals surface area contributed by atoms with Crippen molar-refractivity contribution in [2.24, 2.45) is 0 Å². The number of hydrogen-bond acceptors (Lipinski definition) is 2. The minimum absolute atomic E-state index is 0.0451. The fourth-order valence-corrected chi connectivity index (χ4v) is 3.13. The summed E-state index contributed by atoms with van der Waals surface area (Å²) in [6.07, 6.45) is 4.07. The van der Waals surface area contributed by atoms with Crippen LogP contribution >= 0.6 is 0 Å². The van der Waals surface area contributed by atoms with Gasteiger partial charge in [-0.05, 0) is 32.9 Å². The lowest BCUT2D eigenvalue weighted by atomic mass is 9.83. The molecule has 4 rings (SSSR count). The van der Waals surface area contributed by atoms with E-state index in [1.807, 2.05) is 24.5 Å². The van der Waals surface area contributed by atoms with Crippen LogP contribution in [0.15, 0.2) is 48.8 Å². The zero-order valence-electron chi connectivity index (χ0n) is 13.4. The van der Waals surface area contributed by atoms with Gasteiger partial charge < -0.3 is 4.57 Å². The number of hydrogen-bond donors (Lipinski definition) is 0. The van der Waals surface area contributed by atoms with Crippen molar-refractivity contribution < 1.29 is 9.59 Å². The molecule has 1 aromatic heterocycles. The minimum Gasteiger partial charge on any atom is -0.348 e. The molecule has 3 heteroatoms. The second-order valence-corrected chi connectivity index (χ2v) is 7.07. The second-order valence-electron chi connectivity index (χ2n) is 7.07. The second kappa shape index (κ2) is 4.42. The van der Waals surface area contributed by atoms with E-state index in [1.54, 1.807) is 24.3 Å². The summed E-state index contributed by atoms with van der Waals surface area (Å²) in [4.78, 5) is 25.5. The van der Waals surface area contributed by atoms with E-state index in [-0.39, 0.29) is 17.1 Å². The van der Waals surface area contributed by atoms with Crippen LogP contribution in [0.3, 0.4) is 0 Å². The fraction of sp³-hybridized carbons (Fsp3) is 0.200. The normalized spacial score (nSPS) is 14.0. The molecule has 3 nitrogen and oxygen atoms in total. The van der Waals surface area contributed by atoms with Crippen LogP contribution in [0, 0.1) is 0 Å². The summed E-state index contributed by atoms with van der Waals surface area (Å²) in [6, 6.07) is 10.7. The van der Waals surface area contributed by atoms with Crippen LogP contribution in [0.5, 0.6) is 0 Å². The number of fused-ring (bicyclic) bond motifs is 3. The summed E-state index contributed by atoms with van der Waals surface area (Å²) in [5, 5.41) is 1.97. The minimum atomic E-state index is -0.0689. The van der Waals surface area contributed by atoms with Gasteiger partial charge in [-0.2, -0.15) is 0 Å².